The van der Waals surface area contributed by atoms with Crippen molar-refractivity contribution in [3.05, 3.63) is 36.0 Å². The highest BCUT2D eigenvalue weighted by atomic mass is 16.5. The molecule has 112 valence electrons. The summed E-state index contributed by atoms with van der Waals surface area (Å²) in [7, 11) is 0. The molecule has 5 heteroatoms. The first-order valence-electron chi connectivity index (χ1n) is 7.35. The minimum absolute atomic E-state index is 0.0103. The van der Waals surface area contributed by atoms with Crippen molar-refractivity contribution in [1.29, 1.82) is 0 Å². The molecule has 2 aromatic rings. The van der Waals surface area contributed by atoms with Gasteiger partial charge in [0.05, 0.1) is 25.3 Å². The Hall–Kier alpha value is -1.85. The summed E-state index contributed by atoms with van der Waals surface area (Å²) in [6.07, 6.45) is 2.49. The topological polar surface area (TPSA) is 71.3 Å². The molecule has 1 fully saturated rings. The minimum Gasteiger partial charge on any atom is -0.377 e. The predicted octanol–water partition coefficient (Wildman–Crippen LogP) is 1.29. The Morgan fingerprint density at radius 2 is 2.33 bits per heavy atom. The highest BCUT2D eigenvalue weighted by molar-refractivity contribution is 5.86. The van der Waals surface area contributed by atoms with E-state index in [4.69, 9.17) is 10.5 Å². The molecule has 1 aromatic heterocycles. The molecule has 3 N–H and O–H groups in total. The minimum atomic E-state index is -0.509. The van der Waals surface area contributed by atoms with E-state index in [1.165, 1.54) is 0 Å². The van der Waals surface area contributed by atoms with E-state index in [0.717, 1.165) is 16.5 Å². The van der Waals surface area contributed by atoms with Gasteiger partial charge in [-0.05, 0) is 25.0 Å². The molecule has 0 saturated carbocycles. The van der Waals surface area contributed by atoms with Crippen molar-refractivity contribution in [2.45, 2.75) is 25.4 Å². The van der Waals surface area contributed by atoms with Crippen molar-refractivity contribution in [3.8, 4) is 0 Å². The number of para-hydroxylation sites is 1. The van der Waals surface area contributed by atoms with Gasteiger partial charge in [0.2, 0.25) is 5.91 Å². The van der Waals surface area contributed by atoms with Gasteiger partial charge in [-0.15, -0.1) is 0 Å². The smallest absolute Gasteiger partial charge is 0.240 e. The summed E-state index contributed by atoms with van der Waals surface area (Å²) < 4.78 is 5.37. The van der Waals surface area contributed by atoms with Gasteiger partial charge in [-0.1, -0.05) is 18.2 Å². The van der Waals surface area contributed by atoms with Crippen LogP contribution in [-0.2, 0) is 16.0 Å². The zero-order chi connectivity index (χ0) is 14.8. The lowest BCUT2D eigenvalue weighted by Crippen LogP contribution is -2.53. The summed E-state index contributed by atoms with van der Waals surface area (Å²) in [5, 5.41) is 1.13. The van der Waals surface area contributed by atoms with Crippen LogP contribution in [0.1, 0.15) is 12.5 Å². The number of rotatable bonds is 3. The fraction of sp³-hybridized carbons (Fsp3) is 0.438. The first-order valence-corrected chi connectivity index (χ1v) is 7.35. The van der Waals surface area contributed by atoms with Crippen LogP contribution in [-0.4, -0.2) is 47.6 Å². The molecule has 0 aliphatic carbocycles. The average molecular weight is 287 g/mol. The number of amides is 1. The molecule has 5 nitrogen and oxygen atoms in total. The van der Waals surface area contributed by atoms with Crippen molar-refractivity contribution in [2.75, 3.05) is 19.8 Å². The molecule has 1 aliphatic rings. The molecule has 0 bridgehead atoms. The normalized spacial score (nSPS) is 20.7. The maximum atomic E-state index is 12.5. The lowest BCUT2D eigenvalue weighted by atomic mass is 10.0. The molecule has 21 heavy (non-hydrogen) atoms. The van der Waals surface area contributed by atoms with Crippen LogP contribution in [0.4, 0.5) is 0 Å². The number of carbonyl (C=O) groups is 1. The van der Waals surface area contributed by atoms with E-state index in [2.05, 4.69) is 11.1 Å². The van der Waals surface area contributed by atoms with E-state index in [-0.39, 0.29) is 11.9 Å². The zero-order valence-electron chi connectivity index (χ0n) is 12.2. The third kappa shape index (κ3) is 2.80. The van der Waals surface area contributed by atoms with Crippen molar-refractivity contribution in [1.82, 2.24) is 9.88 Å². The van der Waals surface area contributed by atoms with E-state index < -0.39 is 6.04 Å². The maximum Gasteiger partial charge on any atom is 0.240 e. The van der Waals surface area contributed by atoms with Crippen LogP contribution in [0.25, 0.3) is 10.9 Å². The van der Waals surface area contributed by atoms with Gasteiger partial charge in [0, 0.05) is 23.6 Å². The van der Waals surface area contributed by atoms with Crippen LogP contribution >= 0.6 is 0 Å². The van der Waals surface area contributed by atoms with Crippen molar-refractivity contribution in [3.63, 3.8) is 0 Å². The van der Waals surface area contributed by atoms with Crippen LogP contribution < -0.4 is 5.73 Å². The Labute approximate surface area is 124 Å². The lowest BCUT2D eigenvalue weighted by Gasteiger charge is -2.35. The van der Waals surface area contributed by atoms with Gasteiger partial charge in [0.25, 0.3) is 0 Å². The summed E-state index contributed by atoms with van der Waals surface area (Å²) >= 11 is 0. The highest BCUT2D eigenvalue weighted by Gasteiger charge is 2.28. The quantitative estimate of drug-likeness (QED) is 0.893. The molecule has 0 radical (unpaired) electrons. The fourth-order valence-electron chi connectivity index (χ4n) is 2.89. The van der Waals surface area contributed by atoms with Crippen LogP contribution in [0, 0.1) is 0 Å². The van der Waals surface area contributed by atoms with Gasteiger partial charge in [-0.25, -0.2) is 0 Å². The van der Waals surface area contributed by atoms with Crippen molar-refractivity contribution < 1.29 is 9.53 Å². The molecular weight excluding hydrogens is 266 g/mol. The number of nitrogens with two attached hydrogens (primary N) is 1. The molecule has 1 aromatic carbocycles. The Morgan fingerprint density at radius 1 is 1.52 bits per heavy atom. The first kappa shape index (κ1) is 14.1. The Bertz CT molecular complexity index is 637. The van der Waals surface area contributed by atoms with Crippen LogP contribution in [0.15, 0.2) is 30.5 Å². The summed E-state index contributed by atoms with van der Waals surface area (Å²) in [5.41, 5.74) is 8.31. The molecular formula is C16H21N3O2. The van der Waals surface area contributed by atoms with Gasteiger partial charge >= 0.3 is 0 Å². The van der Waals surface area contributed by atoms with Crippen LogP contribution in [0.3, 0.4) is 0 Å². The van der Waals surface area contributed by atoms with Crippen LogP contribution in [0.2, 0.25) is 0 Å². The number of nitrogens with one attached hydrogen (secondary N) is 1. The zero-order valence-corrected chi connectivity index (χ0v) is 12.2. The van der Waals surface area contributed by atoms with E-state index in [1.807, 2.05) is 36.2 Å². The Kier molecular flexibility index (Phi) is 3.94. The molecule has 1 aliphatic heterocycles. The van der Waals surface area contributed by atoms with Crippen LogP contribution in [0.5, 0.6) is 0 Å². The highest BCUT2D eigenvalue weighted by Crippen LogP contribution is 2.19. The largest absolute Gasteiger partial charge is 0.377 e. The first-order chi connectivity index (χ1) is 10.2. The van der Waals surface area contributed by atoms with E-state index in [0.29, 0.717) is 26.2 Å². The Morgan fingerprint density at radius 3 is 3.14 bits per heavy atom. The number of nitrogens with zero attached hydrogens (tertiary/aromatic N) is 1. The number of ether oxygens (including phenoxy) is 1. The second-order valence-electron chi connectivity index (χ2n) is 5.63. The molecule has 3 rings (SSSR count). The average Bonchev–Trinajstić information content (AvgIpc) is 2.90. The van der Waals surface area contributed by atoms with Gasteiger partial charge in [-0.3, -0.25) is 4.79 Å². The standard InChI is InChI=1S/C16H21N3O2/c1-11-10-21-7-6-19(11)16(20)14(17)8-12-9-18-15-5-3-2-4-13(12)15/h2-5,9,11,14,18H,6-8,10,17H2,1H3/t11-,14+/m1/s1. The molecule has 0 unspecified atom stereocenters. The SMILES string of the molecule is C[C@@H]1COCCN1C(=O)[C@@H](N)Cc1c[nH]c2ccccc12. The number of carbonyl (C=O) groups excluding carboxylic acids is 1. The summed E-state index contributed by atoms with van der Waals surface area (Å²) in [6.45, 7) is 3.80. The van der Waals surface area contributed by atoms with Crippen molar-refractivity contribution >= 4 is 16.8 Å². The number of H-pyrrole nitrogens is 1. The molecule has 0 spiro atoms. The second kappa shape index (κ2) is 5.87. The van der Waals surface area contributed by atoms with Gasteiger partial charge in [-0.2, -0.15) is 0 Å². The number of benzene rings is 1. The monoisotopic (exact) mass is 287 g/mol. The van der Waals surface area contributed by atoms with Gasteiger partial charge < -0.3 is 20.4 Å². The number of morpholine rings is 1. The fourth-order valence-corrected chi connectivity index (χ4v) is 2.89. The number of fused-ring (bicyclic) bond motifs is 1. The maximum absolute atomic E-state index is 12.5. The second-order valence-corrected chi connectivity index (χ2v) is 5.63. The van der Waals surface area contributed by atoms with E-state index in [1.54, 1.807) is 0 Å². The van der Waals surface area contributed by atoms with Gasteiger partial charge in [0.1, 0.15) is 0 Å². The number of hydrogen-bond donors (Lipinski definition) is 2. The van der Waals surface area contributed by atoms with E-state index >= 15 is 0 Å². The third-order valence-electron chi connectivity index (χ3n) is 4.08. The molecule has 2 heterocycles. The molecule has 2 atom stereocenters. The molecule has 1 amide bonds. The lowest BCUT2D eigenvalue weighted by molar-refractivity contribution is -0.140. The number of hydrogen-bond acceptors (Lipinski definition) is 3. The third-order valence-corrected chi connectivity index (χ3v) is 4.08. The summed E-state index contributed by atoms with van der Waals surface area (Å²) in [6, 6.07) is 7.65. The summed E-state index contributed by atoms with van der Waals surface area (Å²) in [4.78, 5) is 17.6. The number of aromatic nitrogens is 1. The van der Waals surface area contributed by atoms with Gasteiger partial charge in [0.15, 0.2) is 0 Å². The molecule has 1 saturated heterocycles. The van der Waals surface area contributed by atoms with Crippen molar-refractivity contribution in [2.24, 2.45) is 5.73 Å². The summed E-state index contributed by atoms with van der Waals surface area (Å²) in [5.74, 6) is 0.0103. The Balaban J connectivity index is 1.73. The number of aromatic amines is 1. The van der Waals surface area contributed by atoms with E-state index in [9.17, 15) is 4.79 Å². The predicted molar refractivity (Wildman–Crippen MR) is 82.0 cm³/mol.